The molecule has 1 fully saturated rings. The second kappa shape index (κ2) is 10.5. The summed E-state index contributed by atoms with van der Waals surface area (Å²) < 4.78 is 5.14. The van der Waals surface area contributed by atoms with Crippen molar-refractivity contribution in [3.63, 3.8) is 0 Å². The van der Waals surface area contributed by atoms with Crippen LogP contribution in [0.15, 0.2) is 24.3 Å². The molecule has 160 valence electrons. The number of rotatable bonds is 6. The summed E-state index contributed by atoms with van der Waals surface area (Å²) in [6.45, 7) is 6.78. The van der Waals surface area contributed by atoms with E-state index in [0.717, 1.165) is 5.56 Å². The number of piperidine rings is 1. The zero-order chi connectivity index (χ0) is 21.4. The van der Waals surface area contributed by atoms with E-state index in [1.165, 1.54) is 0 Å². The van der Waals surface area contributed by atoms with Gasteiger partial charge < -0.3 is 20.3 Å². The van der Waals surface area contributed by atoms with Crippen LogP contribution in [0.3, 0.4) is 0 Å². The second-order valence-corrected chi connectivity index (χ2v) is 8.64. The SMILES string of the molecule is CC(C)(C)OC(=O)NCCC(=O)N1CCC(NC(=O)Cc2cccc(Cl)c2)CC1. The summed E-state index contributed by atoms with van der Waals surface area (Å²) in [4.78, 5) is 37.9. The fourth-order valence-electron chi connectivity index (χ4n) is 3.13. The summed E-state index contributed by atoms with van der Waals surface area (Å²) in [5, 5.41) is 6.24. The fourth-order valence-corrected chi connectivity index (χ4v) is 3.34. The number of benzene rings is 1. The topological polar surface area (TPSA) is 87.7 Å². The molecule has 2 N–H and O–H groups in total. The van der Waals surface area contributed by atoms with Crippen LogP contribution in [-0.4, -0.2) is 54.1 Å². The van der Waals surface area contributed by atoms with E-state index in [1.54, 1.807) is 37.8 Å². The van der Waals surface area contributed by atoms with E-state index in [-0.39, 0.29) is 37.2 Å². The highest BCUT2D eigenvalue weighted by Crippen LogP contribution is 2.14. The minimum absolute atomic E-state index is 0.00948. The van der Waals surface area contributed by atoms with Crippen molar-refractivity contribution in [3.8, 4) is 0 Å². The Morgan fingerprint density at radius 2 is 1.90 bits per heavy atom. The molecule has 0 aromatic heterocycles. The monoisotopic (exact) mass is 423 g/mol. The maximum absolute atomic E-state index is 12.3. The molecule has 0 aliphatic carbocycles. The molecule has 1 aliphatic rings. The van der Waals surface area contributed by atoms with Gasteiger partial charge in [0.1, 0.15) is 5.60 Å². The summed E-state index contributed by atoms with van der Waals surface area (Å²) in [5.41, 5.74) is 0.313. The number of nitrogens with zero attached hydrogens (tertiary/aromatic N) is 1. The number of halogens is 1. The number of amides is 3. The number of hydrogen-bond donors (Lipinski definition) is 2. The van der Waals surface area contributed by atoms with Crippen LogP contribution < -0.4 is 10.6 Å². The molecular formula is C21H30ClN3O4. The van der Waals surface area contributed by atoms with E-state index in [0.29, 0.717) is 31.0 Å². The first-order valence-corrected chi connectivity index (χ1v) is 10.3. The molecule has 0 spiro atoms. The predicted molar refractivity (Wildman–Crippen MR) is 112 cm³/mol. The van der Waals surface area contributed by atoms with Gasteiger partial charge in [-0.3, -0.25) is 9.59 Å². The standard InChI is InChI=1S/C21H30ClN3O4/c1-21(2,3)29-20(28)23-10-7-19(27)25-11-8-17(9-12-25)24-18(26)14-15-5-4-6-16(22)13-15/h4-6,13,17H,7-12,14H2,1-3H3,(H,23,28)(H,24,26). The molecule has 1 aromatic carbocycles. The zero-order valence-electron chi connectivity index (χ0n) is 17.3. The third kappa shape index (κ3) is 8.73. The molecule has 0 bridgehead atoms. The summed E-state index contributed by atoms with van der Waals surface area (Å²) in [7, 11) is 0. The van der Waals surface area contributed by atoms with E-state index in [2.05, 4.69) is 10.6 Å². The maximum Gasteiger partial charge on any atom is 0.407 e. The van der Waals surface area contributed by atoms with Crippen LogP contribution in [-0.2, 0) is 20.7 Å². The normalized spacial score (nSPS) is 15.0. The first-order chi connectivity index (χ1) is 13.6. The van der Waals surface area contributed by atoms with E-state index >= 15 is 0 Å². The lowest BCUT2D eigenvalue weighted by molar-refractivity contribution is -0.132. The summed E-state index contributed by atoms with van der Waals surface area (Å²) in [5.74, 6) is -0.0524. The third-order valence-corrected chi connectivity index (χ3v) is 4.71. The minimum Gasteiger partial charge on any atom is -0.444 e. The first kappa shape index (κ1) is 23.0. The average molecular weight is 424 g/mol. The molecule has 2 rings (SSSR count). The van der Waals surface area contributed by atoms with Crippen LogP contribution in [0.1, 0.15) is 45.6 Å². The van der Waals surface area contributed by atoms with Gasteiger partial charge in [0.15, 0.2) is 0 Å². The molecular weight excluding hydrogens is 394 g/mol. The van der Waals surface area contributed by atoms with Crippen molar-refractivity contribution in [2.45, 2.75) is 58.1 Å². The number of nitrogens with one attached hydrogen (secondary N) is 2. The maximum atomic E-state index is 12.3. The number of hydrogen-bond acceptors (Lipinski definition) is 4. The Morgan fingerprint density at radius 3 is 2.52 bits per heavy atom. The lowest BCUT2D eigenvalue weighted by Gasteiger charge is -2.32. The van der Waals surface area contributed by atoms with E-state index < -0.39 is 11.7 Å². The highest BCUT2D eigenvalue weighted by molar-refractivity contribution is 6.30. The molecule has 0 radical (unpaired) electrons. The van der Waals surface area contributed by atoms with Crippen molar-refractivity contribution in [2.24, 2.45) is 0 Å². The van der Waals surface area contributed by atoms with E-state index in [4.69, 9.17) is 16.3 Å². The van der Waals surface area contributed by atoms with Gasteiger partial charge in [-0.15, -0.1) is 0 Å². The molecule has 8 heteroatoms. The van der Waals surface area contributed by atoms with Gasteiger partial charge >= 0.3 is 6.09 Å². The molecule has 0 atom stereocenters. The van der Waals surface area contributed by atoms with Crippen molar-refractivity contribution in [3.05, 3.63) is 34.9 Å². The summed E-state index contributed by atoms with van der Waals surface area (Å²) >= 11 is 5.95. The Hall–Kier alpha value is -2.28. The molecule has 1 aliphatic heterocycles. The largest absolute Gasteiger partial charge is 0.444 e. The molecule has 0 saturated carbocycles. The molecule has 1 heterocycles. The molecule has 1 saturated heterocycles. The molecule has 3 amide bonds. The number of carbonyl (C=O) groups excluding carboxylic acids is 3. The molecule has 0 unspecified atom stereocenters. The zero-order valence-corrected chi connectivity index (χ0v) is 18.1. The first-order valence-electron chi connectivity index (χ1n) is 9.91. The highest BCUT2D eigenvalue weighted by Gasteiger charge is 2.24. The summed E-state index contributed by atoms with van der Waals surface area (Å²) in [6, 6.07) is 7.32. The Balaban J connectivity index is 1.65. The van der Waals surface area contributed by atoms with Crippen molar-refractivity contribution in [1.82, 2.24) is 15.5 Å². The van der Waals surface area contributed by atoms with Gasteiger partial charge in [-0.2, -0.15) is 0 Å². The molecule has 7 nitrogen and oxygen atoms in total. The van der Waals surface area contributed by atoms with Crippen LogP contribution >= 0.6 is 11.6 Å². The molecule has 29 heavy (non-hydrogen) atoms. The molecule has 1 aromatic rings. The number of ether oxygens (including phenoxy) is 1. The van der Waals surface area contributed by atoms with E-state index in [1.807, 2.05) is 12.1 Å². The van der Waals surface area contributed by atoms with Gasteiger partial charge in [-0.1, -0.05) is 23.7 Å². The third-order valence-electron chi connectivity index (χ3n) is 4.47. The predicted octanol–water partition coefficient (Wildman–Crippen LogP) is 2.90. The van der Waals surface area contributed by atoms with Crippen LogP contribution in [0, 0.1) is 0 Å². The number of alkyl carbamates (subject to hydrolysis) is 1. The van der Waals surface area contributed by atoms with Crippen molar-refractivity contribution in [2.75, 3.05) is 19.6 Å². The van der Waals surface area contributed by atoms with Gasteiger partial charge in [0, 0.05) is 37.1 Å². The Kier molecular flexibility index (Phi) is 8.32. The van der Waals surface area contributed by atoms with Gasteiger partial charge in [-0.25, -0.2) is 4.79 Å². The Labute approximate surface area is 177 Å². The number of likely N-dealkylation sites (tertiary alicyclic amines) is 1. The lowest BCUT2D eigenvalue weighted by atomic mass is 10.0. The second-order valence-electron chi connectivity index (χ2n) is 8.21. The average Bonchev–Trinajstić information content (AvgIpc) is 2.60. The van der Waals surface area contributed by atoms with Gasteiger partial charge in [0.25, 0.3) is 0 Å². The van der Waals surface area contributed by atoms with Crippen molar-refractivity contribution in [1.29, 1.82) is 0 Å². The van der Waals surface area contributed by atoms with Gasteiger partial charge in [-0.05, 0) is 51.3 Å². The highest BCUT2D eigenvalue weighted by atomic mass is 35.5. The lowest BCUT2D eigenvalue weighted by Crippen LogP contribution is -2.47. The number of carbonyl (C=O) groups is 3. The van der Waals surface area contributed by atoms with Crippen LogP contribution in [0.2, 0.25) is 5.02 Å². The van der Waals surface area contributed by atoms with Gasteiger partial charge in [0.05, 0.1) is 6.42 Å². The van der Waals surface area contributed by atoms with Gasteiger partial charge in [0.2, 0.25) is 11.8 Å². The summed E-state index contributed by atoms with van der Waals surface area (Å²) in [6.07, 6.45) is 1.42. The van der Waals surface area contributed by atoms with Crippen molar-refractivity contribution < 1.29 is 19.1 Å². The van der Waals surface area contributed by atoms with Crippen molar-refractivity contribution >= 4 is 29.5 Å². The van der Waals surface area contributed by atoms with Crippen LogP contribution in [0.5, 0.6) is 0 Å². The Morgan fingerprint density at radius 1 is 1.21 bits per heavy atom. The fraction of sp³-hybridized carbons (Fsp3) is 0.571. The smallest absolute Gasteiger partial charge is 0.407 e. The van der Waals surface area contributed by atoms with E-state index in [9.17, 15) is 14.4 Å². The van der Waals surface area contributed by atoms with Crippen LogP contribution in [0.25, 0.3) is 0 Å². The van der Waals surface area contributed by atoms with Crippen LogP contribution in [0.4, 0.5) is 4.79 Å². The minimum atomic E-state index is -0.562. The quantitative estimate of drug-likeness (QED) is 0.736. The Bertz CT molecular complexity index is 725.